The zero-order valence-electron chi connectivity index (χ0n) is 12.2. The van der Waals surface area contributed by atoms with Gasteiger partial charge in [0.05, 0.1) is 19.9 Å². The molecule has 0 atom stereocenters. The fourth-order valence-corrected chi connectivity index (χ4v) is 1.81. The molecule has 22 heavy (non-hydrogen) atoms. The lowest BCUT2D eigenvalue weighted by Crippen LogP contribution is -2.21. The number of nitrogens with zero attached hydrogens (tertiary/aromatic N) is 2. The fraction of sp³-hybridized carbons (Fsp3) is 0.308. The van der Waals surface area contributed by atoms with Gasteiger partial charge in [-0.15, -0.1) is 5.10 Å². The van der Waals surface area contributed by atoms with Crippen molar-refractivity contribution in [3.05, 3.63) is 22.2 Å². The first-order valence-electron chi connectivity index (χ1n) is 6.25. The molecule has 4 N–H and O–H groups in total. The molecule has 8 nitrogen and oxygen atoms in total. The normalized spacial score (nSPS) is 10.3. The lowest BCUT2D eigenvalue weighted by molar-refractivity contribution is -0.142. The first-order valence-corrected chi connectivity index (χ1v) is 7.05. The Bertz CT molecular complexity index is 586. The number of carbonyl (C=O) groups excluding carboxylic acids is 1. The summed E-state index contributed by atoms with van der Waals surface area (Å²) in [4.78, 5) is 11.2. The van der Waals surface area contributed by atoms with Gasteiger partial charge in [0.2, 0.25) is 5.96 Å². The molecule has 0 saturated carbocycles. The molecule has 0 amide bonds. The lowest BCUT2D eigenvalue weighted by atomic mass is 10.2. The van der Waals surface area contributed by atoms with Crippen LogP contribution < -0.4 is 20.9 Å². The van der Waals surface area contributed by atoms with Gasteiger partial charge < -0.3 is 25.7 Å². The van der Waals surface area contributed by atoms with E-state index in [2.05, 4.69) is 30.9 Å². The van der Waals surface area contributed by atoms with Crippen LogP contribution in [0.25, 0.3) is 0 Å². The number of benzene rings is 1. The molecule has 120 valence electrons. The second-order valence-corrected chi connectivity index (χ2v) is 4.74. The minimum Gasteiger partial charge on any atom is -0.490 e. The number of nitrogens with two attached hydrogens (primary N) is 2. The van der Waals surface area contributed by atoms with Crippen molar-refractivity contribution in [1.29, 1.82) is 0 Å². The van der Waals surface area contributed by atoms with Gasteiger partial charge in [-0.05, 0) is 35.0 Å². The number of rotatable bonds is 7. The summed E-state index contributed by atoms with van der Waals surface area (Å²) >= 11 is 3.37. The van der Waals surface area contributed by atoms with E-state index < -0.39 is 5.97 Å². The smallest absolute Gasteiger partial charge is 0.343 e. The van der Waals surface area contributed by atoms with E-state index in [1.807, 2.05) is 6.92 Å². The van der Waals surface area contributed by atoms with Crippen LogP contribution in [-0.2, 0) is 9.53 Å². The molecule has 0 spiro atoms. The van der Waals surface area contributed by atoms with Crippen molar-refractivity contribution in [1.82, 2.24) is 0 Å². The molecule has 1 aromatic rings. The van der Waals surface area contributed by atoms with Crippen molar-refractivity contribution < 1.29 is 19.0 Å². The minimum atomic E-state index is -0.489. The van der Waals surface area contributed by atoms with Crippen LogP contribution in [0.5, 0.6) is 11.5 Å². The highest BCUT2D eigenvalue weighted by Crippen LogP contribution is 2.33. The quantitative estimate of drug-likeness (QED) is 0.318. The number of esters is 1. The maximum Gasteiger partial charge on any atom is 0.343 e. The molecule has 0 bridgehead atoms. The summed E-state index contributed by atoms with van der Waals surface area (Å²) in [6, 6.07) is 3.34. The molecule has 1 rings (SSSR count). The molecule has 0 aliphatic heterocycles. The Labute approximate surface area is 136 Å². The number of ether oxygens (including phenoxy) is 3. The maximum atomic E-state index is 11.2. The third-order valence-electron chi connectivity index (χ3n) is 2.31. The molecule has 0 unspecified atom stereocenters. The fourth-order valence-electron chi connectivity index (χ4n) is 1.38. The second kappa shape index (κ2) is 8.88. The summed E-state index contributed by atoms with van der Waals surface area (Å²) in [5.74, 6) is 0.228. The van der Waals surface area contributed by atoms with Gasteiger partial charge in [-0.3, -0.25) is 0 Å². The van der Waals surface area contributed by atoms with Crippen molar-refractivity contribution in [3.63, 3.8) is 0 Å². The van der Waals surface area contributed by atoms with E-state index in [9.17, 15) is 4.79 Å². The molecule has 0 radical (unpaired) electrons. The number of carbonyl (C=O) groups is 1. The molecular weight excluding hydrogens is 356 g/mol. The van der Waals surface area contributed by atoms with Crippen molar-refractivity contribution in [2.24, 2.45) is 21.7 Å². The Balaban J connectivity index is 3.03. The number of guanidine groups is 1. The molecule has 0 saturated heterocycles. The molecule has 0 aliphatic carbocycles. The Morgan fingerprint density at radius 2 is 2.00 bits per heavy atom. The summed E-state index contributed by atoms with van der Waals surface area (Å²) in [5, 5.41) is 7.25. The molecular formula is C13H17BrN4O4. The molecule has 0 heterocycles. The summed E-state index contributed by atoms with van der Waals surface area (Å²) in [7, 11) is 1.29. The van der Waals surface area contributed by atoms with Crippen LogP contribution in [-0.4, -0.2) is 38.5 Å². The van der Waals surface area contributed by atoms with Gasteiger partial charge in [0.25, 0.3) is 0 Å². The Kier molecular flexibility index (Phi) is 7.17. The first-order chi connectivity index (χ1) is 10.5. The third-order valence-corrected chi connectivity index (χ3v) is 2.99. The highest BCUT2D eigenvalue weighted by atomic mass is 79.9. The topological polar surface area (TPSA) is 122 Å². The summed E-state index contributed by atoms with van der Waals surface area (Å²) in [6.45, 7) is 2.05. The highest BCUT2D eigenvalue weighted by Gasteiger charge is 2.12. The predicted molar refractivity (Wildman–Crippen MR) is 86.2 cm³/mol. The van der Waals surface area contributed by atoms with E-state index in [-0.39, 0.29) is 12.6 Å². The van der Waals surface area contributed by atoms with Crippen LogP contribution in [0.15, 0.2) is 26.8 Å². The zero-order valence-corrected chi connectivity index (χ0v) is 13.8. The first kappa shape index (κ1) is 17.8. The van der Waals surface area contributed by atoms with E-state index in [4.69, 9.17) is 20.9 Å². The van der Waals surface area contributed by atoms with Crippen LogP contribution in [0, 0.1) is 0 Å². The van der Waals surface area contributed by atoms with Crippen molar-refractivity contribution >= 4 is 34.1 Å². The maximum absolute atomic E-state index is 11.2. The number of halogens is 1. The van der Waals surface area contributed by atoms with E-state index >= 15 is 0 Å². The Hall–Kier alpha value is -2.29. The molecule has 0 aromatic heterocycles. The molecule has 1 aromatic carbocycles. The minimum absolute atomic E-state index is 0.143. The third kappa shape index (κ3) is 5.60. The predicted octanol–water partition coefficient (Wildman–Crippen LogP) is 1.01. The van der Waals surface area contributed by atoms with Gasteiger partial charge in [-0.2, -0.15) is 5.10 Å². The van der Waals surface area contributed by atoms with Gasteiger partial charge in [-0.25, -0.2) is 4.79 Å². The summed E-state index contributed by atoms with van der Waals surface area (Å²) in [6.07, 6.45) is 1.45. The summed E-state index contributed by atoms with van der Waals surface area (Å²) in [5.41, 5.74) is 11.1. The summed E-state index contributed by atoms with van der Waals surface area (Å²) < 4.78 is 16.1. The van der Waals surface area contributed by atoms with Crippen molar-refractivity contribution in [3.8, 4) is 11.5 Å². The van der Waals surface area contributed by atoms with Crippen LogP contribution >= 0.6 is 15.9 Å². The zero-order chi connectivity index (χ0) is 16.5. The van der Waals surface area contributed by atoms with E-state index in [0.717, 1.165) is 0 Å². The van der Waals surface area contributed by atoms with Crippen LogP contribution in [0.4, 0.5) is 0 Å². The standard InChI is InChI=1S/C13H17BrN4O4/c1-3-21-10-4-8(6-17-18-13(15)16)9(14)5-11(10)22-7-12(19)20-2/h4-6H,3,7H2,1-2H3,(H4,15,16,18). The van der Waals surface area contributed by atoms with Crippen LogP contribution in [0.2, 0.25) is 0 Å². The van der Waals surface area contributed by atoms with Gasteiger partial charge in [0.1, 0.15) is 0 Å². The van der Waals surface area contributed by atoms with Gasteiger partial charge in [0.15, 0.2) is 18.1 Å². The highest BCUT2D eigenvalue weighted by molar-refractivity contribution is 9.10. The van der Waals surface area contributed by atoms with Crippen LogP contribution in [0.3, 0.4) is 0 Å². The second-order valence-electron chi connectivity index (χ2n) is 3.89. The number of hydrogen-bond acceptors (Lipinski definition) is 6. The van der Waals surface area contributed by atoms with Gasteiger partial charge >= 0.3 is 5.97 Å². The molecule has 9 heteroatoms. The Morgan fingerprint density at radius 3 is 2.59 bits per heavy atom. The largest absolute Gasteiger partial charge is 0.490 e. The van der Waals surface area contributed by atoms with Crippen molar-refractivity contribution in [2.45, 2.75) is 6.92 Å². The monoisotopic (exact) mass is 372 g/mol. The average Bonchev–Trinajstić information content (AvgIpc) is 2.48. The molecule has 0 fully saturated rings. The SMILES string of the molecule is CCOc1cc(C=NN=C(N)N)c(Br)cc1OCC(=O)OC. The van der Waals surface area contributed by atoms with Gasteiger partial charge in [0, 0.05) is 10.0 Å². The van der Waals surface area contributed by atoms with Crippen LogP contribution in [0.1, 0.15) is 12.5 Å². The number of methoxy groups -OCH3 is 1. The van der Waals surface area contributed by atoms with Crippen molar-refractivity contribution in [2.75, 3.05) is 20.3 Å². The molecule has 0 aliphatic rings. The van der Waals surface area contributed by atoms with E-state index in [0.29, 0.717) is 28.1 Å². The van der Waals surface area contributed by atoms with E-state index in [1.165, 1.54) is 13.3 Å². The Morgan fingerprint density at radius 1 is 1.32 bits per heavy atom. The number of hydrogen-bond donors (Lipinski definition) is 2. The average molecular weight is 373 g/mol. The lowest BCUT2D eigenvalue weighted by Gasteiger charge is -2.13. The van der Waals surface area contributed by atoms with Gasteiger partial charge in [-0.1, -0.05) is 0 Å². The van der Waals surface area contributed by atoms with E-state index in [1.54, 1.807) is 12.1 Å².